The number of unbranched alkanes of at least 4 members (excludes halogenated alkanes) is 31. The van der Waals surface area contributed by atoms with Gasteiger partial charge in [0.05, 0.1) is 25.4 Å². The van der Waals surface area contributed by atoms with Crippen LogP contribution in [0.2, 0.25) is 0 Å². The molecule has 0 aromatic heterocycles. The third-order valence-electron chi connectivity index (χ3n) is 11.4. The van der Waals surface area contributed by atoms with Crippen LogP contribution in [-0.4, -0.2) is 47.4 Å². The van der Waals surface area contributed by atoms with E-state index in [-0.39, 0.29) is 18.5 Å². The number of aliphatic hydroxyl groups is 2. The van der Waals surface area contributed by atoms with E-state index in [9.17, 15) is 19.8 Å². The summed E-state index contributed by atoms with van der Waals surface area (Å²) in [7, 11) is 0. The fourth-order valence-electron chi connectivity index (χ4n) is 7.47. The van der Waals surface area contributed by atoms with Gasteiger partial charge in [-0.3, -0.25) is 9.59 Å². The first-order valence-electron chi connectivity index (χ1n) is 25.3. The third-order valence-corrected chi connectivity index (χ3v) is 11.4. The van der Waals surface area contributed by atoms with Gasteiger partial charge in [0.1, 0.15) is 0 Å². The number of carbonyl (C=O) groups excluding carboxylic acids is 2. The van der Waals surface area contributed by atoms with E-state index in [1.54, 1.807) is 6.08 Å². The van der Waals surface area contributed by atoms with Gasteiger partial charge in [-0.05, 0) is 57.8 Å². The van der Waals surface area contributed by atoms with Crippen molar-refractivity contribution in [1.82, 2.24) is 5.32 Å². The highest BCUT2D eigenvalue weighted by Gasteiger charge is 2.18. The van der Waals surface area contributed by atoms with Gasteiger partial charge in [-0.2, -0.15) is 0 Å². The van der Waals surface area contributed by atoms with Gasteiger partial charge in [0.15, 0.2) is 0 Å². The average Bonchev–Trinajstić information content (AvgIpc) is 3.22. The molecule has 2 atom stereocenters. The van der Waals surface area contributed by atoms with Crippen molar-refractivity contribution in [3.8, 4) is 0 Å². The maximum atomic E-state index is 12.4. The summed E-state index contributed by atoms with van der Waals surface area (Å²) in [6.45, 7) is 4.81. The molecule has 0 bridgehead atoms. The highest BCUT2D eigenvalue weighted by Crippen LogP contribution is 2.15. The molecule has 6 heteroatoms. The van der Waals surface area contributed by atoms with Crippen LogP contribution >= 0.6 is 0 Å². The number of carbonyl (C=O) groups is 2. The second-order valence-electron chi connectivity index (χ2n) is 17.1. The zero-order valence-electron chi connectivity index (χ0n) is 38.5. The Labute approximate surface area is 360 Å². The van der Waals surface area contributed by atoms with Crippen LogP contribution in [0.15, 0.2) is 36.5 Å². The molecule has 0 aliphatic carbocycles. The maximum Gasteiger partial charge on any atom is 0.305 e. The summed E-state index contributed by atoms with van der Waals surface area (Å²) in [5, 5.41) is 23.1. The van der Waals surface area contributed by atoms with Crippen LogP contribution in [0.3, 0.4) is 0 Å². The molecule has 340 valence electrons. The predicted molar refractivity (Wildman–Crippen MR) is 250 cm³/mol. The molecule has 0 aromatic rings. The second-order valence-corrected chi connectivity index (χ2v) is 17.1. The van der Waals surface area contributed by atoms with Gasteiger partial charge in [0, 0.05) is 12.8 Å². The molecule has 0 spiro atoms. The quantitative estimate of drug-likeness (QED) is 0.0323. The van der Waals surface area contributed by atoms with Crippen LogP contribution in [0.1, 0.15) is 258 Å². The van der Waals surface area contributed by atoms with Crippen LogP contribution in [0, 0.1) is 0 Å². The molecule has 0 fully saturated rings. The first kappa shape index (κ1) is 56.1. The molecule has 0 aliphatic heterocycles. The minimum Gasteiger partial charge on any atom is -0.466 e. The van der Waals surface area contributed by atoms with E-state index in [0.717, 1.165) is 70.6 Å². The summed E-state index contributed by atoms with van der Waals surface area (Å²) in [5.74, 6) is -0.118. The van der Waals surface area contributed by atoms with Gasteiger partial charge in [-0.1, -0.05) is 224 Å². The Morgan fingerprint density at radius 1 is 0.483 bits per heavy atom. The molecule has 0 heterocycles. The van der Waals surface area contributed by atoms with Gasteiger partial charge in [0.2, 0.25) is 5.91 Å². The number of hydrogen-bond acceptors (Lipinski definition) is 5. The van der Waals surface area contributed by atoms with Crippen molar-refractivity contribution in [3.05, 3.63) is 36.5 Å². The van der Waals surface area contributed by atoms with Crippen LogP contribution in [0.5, 0.6) is 0 Å². The molecule has 0 aliphatic rings. The lowest BCUT2D eigenvalue weighted by molar-refractivity contribution is -0.143. The minimum atomic E-state index is -0.857. The van der Waals surface area contributed by atoms with Gasteiger partial charge in [0.25, 0.3) is 0 Å². The van der Waals surface area contributed by atoms with E-state index < -0.39 is 12.1 Å². The highest BCUT2D eigenvalue weighted by molar-refractivity contribution is 5.76. The fraction of sp³-hybridized carbons (Fsp3) is 0.846. The Hall–Kier alpha value is -1.92. The second kappa shape index (κ2) is 47.8. The first-order valence-corrected chi connectivity index (χ1v) is 25.3. The van der Waals surface area contributed by atoms with E-state index in [2.05, 4.69) is 43.5 Å². The molecular weight excluding hydrogens is 719 g/mol. The zero-order valence-corrected chi connectivity index (χ0v) is 38.5. The van der Waals surface area contributed by atoms with Crippen LogP contribution in [0.25, 0.3) is 0 Å². The lowest BCUT2D eigenvalue weighted by atomic mass is 10.0. The van der Waals surface area contributed by atoms with Crippen molar-refractivity contribution in [3.63, 3.8) is 0 Å². The largest absolute Gasteiger partial charge is 0.466 e. The van der Waals surface area contributed by atoms with E-state index in [1.807, 2.05) is 6.08 Å². The fourth-order valence-corrected chi connectivity index (χ4v) is 7.47. The van der Waals surface area contributed by atoms with E-state index in [0.29, 0.717) is 19.4 Å². The smallest absolute Gasteiger partial charge is 0.305 e. The lowest BCUT2D eigenvalue weighted by Crippen LogP contribution is -2.45. The topological polar surface area (TPSA) is 95.9 Å². The molecule has 1 amide bonds. The predicted octanol–water partition coefficient (Wildman–Crippen LogP) is 14.9. The normalized spacial score (nSPS) is 13.0. The third kappa shape index (κ3) is 43.7. The number of rotatable bonds is 46. The van der Waals surface area contributed by atoms with E-state index in [4.69, 9.17) is 4.74 Å². The number of esters is 1. The van der Waals surface area contributed by atoms with Crippen LogP contribution < -0.4 is 5.32 Å². The summed E-state index contributed by atoms with van der Waals surface area (Å²) in [5.41, 5.74) is 0. The SMILES string of the molecule is CCCC/C=C\C/C=C\CCCCCCCC(=O)OCCCCCCCCCCCCCC(=O)NC(CO)C(O)/C=C/CCCCCCCCCCCCCCCC. The molecule has 0 saturated carbocycles. The number of amides is 1. The van der Waals surface area contributed by atoms with Gasteiger partial charge in [-0.15, -0.1) is 0 Å². The lowest BCUT2D eigenvalue weighted by Gasteiger charge is -2.20. The maximum absolute atomic E-state index is 12.4. The summed E-state index contributed by atoms with van der Waals surface area (Å²) >= 11 is 0. The minimum absolute atomic E-state index is 0.0305. The van der Waals surface area contributed by atoms with Crippen molar-refractivity contribution < 1.29 is 24.5 Å². The number of ether oxygens (including phenoxy) is 1. The van der Waals surface area contributed by atoms with Gasteiger partial charge < -0.3 is 20.3 Å². The Balaban J connectivity index is 3.53. The summed E-state index contributed by atoms with van der Waals surface area (Å²) < 4.78 is 5.44. The Morgan fingerprint density at radius 2 is 0.879 bits per heavy atom. The van der Waals surface area contributed by atoms with Crippen molar-refractivity contribution in [2.75, 3.05) is 13.2 Å². The molecule has 0 saturated heterocycles. The molecule has 0 rings (SSSR count). The number of nitrogens with one attached hydrogen (secondary N) is 1. The number of allylic oxidation sites excluding steroid dienone is 5. The molecule has 0 aromatic carbocycles. The number of aliphatic hydroxyl groups excluding tert-OH is 2. The average molecular weight is 816 g/mol. The Kier molecular flexibility index (Phi) is 46.2. The monoisotopic (exact) mass is 816 g/mol. The van der Waals surface area contributed by atoms with Gasteiger partial charge >= 0.3 is 5.97 Å². The summed E-state index contributed by atoms with van der Waals surface area (Å²) in [6.07, 6.45) is 57.0. The Bertz CT molecular complexity index is 946. The van der Waals surface area contributed by atoms with E-state index >= 15 is 0 Å². The summed E-state index contributed by atoms with van der Waals surface area (Å²) in [6, 6.07) is -0.643. The zero-order chi connectivity index (χ0) is 42.3. The molecule has 0 radical (unpaired) electrons. The highest BCUT2D eigenvalue weighted by atomic mass is 16.5. The van der Waals surface area contributed by atoms with Crippen molar-refractivity contribution in [1.29, 1.82) is 0 Å². The molecule has 58 heavy (non-hydrogen) atoms. The summed E-state index contributed by atoms with van der Waals surface area (Å²) in [4.78, 5) is 24.4. The molecule has 3 N–H and O–H groups in total. The molecular formula is C52H97NO5. The Morgan fingerprint density at radius 3 is 1.36 bits per heavy atom. The standard InChI is InChI=1S/C52H97NO5/c1-3-5-7-9-11-13-15-17-19-20-21-24-28-32-36-40-44-50(55)49(48-54)53-51(56)45-41-37-33-29-25-23-27-31-35-39-43-47-58-52(57)46-42-38-34-30-26-22-18-16-14-12-10-8-6-4-2/h10,12,16,18,40,44,49-50,54-55H,3-9,11,13-15,17,19-39,41-43,45-48H2,1-2H3,(H,53,56)/b12-10-,18-16-,44-40+. The van der Waals surface area contributed by atoms with Gasteiger partial charge in [-0.25, -0.2) is 0 Å². The van der Waals surface area contributed by atoms with Crippen LogP contribution in [0.4, 0.5) is 0 Å². The molecule has 2 unspecified atom stereocenters. The van der Waals surface area contributed by atoms with Crippen molar-refractivity contribution in [2.45, 2.75) is 270 Å². The van der Waals surface area contributed by atoms with Crippen LogP contribution in [-0.2, 0) is 14.3 Å². The van der Waals surface area contributed by atoms with E-state index in [1.165, 1.54) is 161 Å². The number of hydrogen-bond donors (Lipinski definition) is 3. The van der Waals surface area contributed by atoms with Crippen molar-refractivity contribution >= 4 is 11.9 Å². The van der Waals surface area contributed by atoms with Crippen molar-refractivity contribution in [2.24, 2.45) is 0 Å². The molecule has 6 nitrogen and oxygen atoms in total. The first-order chi connectivity index (χ1) is 28.5.